The zero-order chi connectivity index (χ0) is 19.2. The average Bonchev–Trinajstić information content (AvgIpc) is 2.58. The Bertz CT molecular complexity index is 664. The molecule has 2 aromatic rings. The Kier molecular flexibility index (Phi) is 7.89. The van der Waals surface area contributed by atoms with E-state index in [0.29, 0.717) is 5.92 Å². The van der Waals surface area contributed by atoms with Crippen molar-refractivity contribution in [2.75, 3.05) is 6.61 Å². The normalized spacial score (nSPS) is 13.3. The van der Waals surface area contributed by atoms with Crippen molar-refractivity contribution in [3.8, 4) is 0 Å². The number of halogens is 2. The Morgan fingerprint density at radius 3 is 1.81 bits per heavy atom. The molecule has 0 amide bonds. The summed E-state index contributed by atoms with van der Waals surface area (Å²) in [7, 11) is -2.40. The lowest BCUT2D eigenvalue weighted by atomic mass is 10.1. The van der Waals surface area contributed by atoms with Gasteiger partial charge in [0.05, 0.1) is 3.39 Å². The van der Waals surface area contributed by atoms with E-state index in [1.165, 1.54) is 10.4 Å². The second-order valence-corrected chi connectivity index (χ2v) is 14.8. The van der Waals surface area contributed by atoms with Gasteiger partial charge in [-0.05, 0) is 59.6 Å². The third-order valence-electron chi connectivity index (χ3n) is 4.72. The van der Waals surface area contributed by atoms with E-state index in [1.54, 1.807) is 0 Å². The fourth-order valence-electron chi connectivity index (χ4n) is 3.46. The van der Waals surface area contributed by atoms with Gasteiger partial charge >= 0.3 is 0 Å². The Labute approximate surface area is 176 Å². The molecule has 26 heavy (non-hydrogen) atoms. The van der Waals surface area contributed by atoms with Crippen molar-refractivity contribution in [2.24, 2.45) is 5.92 Å². The molecule has 0 unspecified atom stereocenters. The van der Waals surface area contributed by atoms with E-state index >= 15 is 0 Å². The third kappa shape index (κ3) is 5.19. The fraction of sp³-hybridized carbons (Fsp3) is 0.364. The summed E-state index contributed by atoms with van der Waals surface area (Å²) in [5, 5.41) is 2.71. The number of rotatable bonds is 7. The maximum atomic E-state index is 6.90. The van der Waals surface area contributed by atoms with E-state index in [-0.39, 0.29) is 5.04 Å². The molecule has 1 atom stereocenters. The first-order chi connectivity index (χ1) is 12.3. The van der Waals surface area contributed by atoms with E-state index < -0.39 is 8.32 Å². The smallest absolute Gasteiger partial charge is 0.261 e. The minimum Gasteiger partial charge on any atom is -0.407 e. The largest absolute Gasteiger partial charge is 0.407 e. The highest BCUT2D eigenvalue weighted by atomic mass is 79.9. The molecule has 4 heteroatoms. The van der Waals surface area contributed by atoms with Crippen LogP contribution in [0.15, 0.2) is 70.1 Å². The minimum atomic E-state index is -2.40. The molecule has 0 spiro atoms. The second-order valence-electron chi connectivity index (χ2n) is 7.73. The van der Waals surface area contributed by atoms with Crippen LogP contribution in [0.1, 0.15) is 34.1 Å². The Morgan fingerprint density at radius 2 is 1.42 bits per heavy atom. The van der Waals surface area contributed by atoms with E-state index in [1.807, 2.05) is 0 Å². The standard InChI is InChI=1S/C22H28Br2OSi/c1-18(17-21(23)24)15-16-25-26(22(2,3)4,19-11-7-5-8-12-19)20-13-9-6-10-14-20/h5-14,17-18H,15-16H2,1-4H3/t18-/m1/s1. The molecule has 0 saturated heterocycles. The van der Waals surface area contributed by atoms with Crippen LogP contribution in [0.25, 0.3) is 0 Å². The lowest BCUT2D eigenvalue weighted by molar-refractivity contribution is 0.278. The van der Waals surface area contributed by atoms with Gasteiger partial charge in [-0.2, -0.15) is 0 Å². The molecule has 0 heterocycles. The maximum absolute atomic E-state index is 6.90. The van der Waals surface area contributed by atoms with Crippen molar-refractivity contribution in [3.05, 3.63) is 70.1 Å². The molecular formula is C22H28Br2OSi. The zero-order valence-electron chi connectivity index (χ0n) is 16.0. The van der Waals surface area contributed by atoms with Gasteiger partial charge in [-0.15, -0.1) is 0 Å². The summed E-state index contributed by atoms with van der Waals surface area (Å²) < 4.78 is 7.90. The van der Waals surface area contributed by atoms with Crippen LogP contribution in [0.4, 0.5) is 0 Å². The first-order valence-corrected chi connectivity index (χ1v) is 12.5. The van der Waals surface area contributed by atoms with Gasteiger partial charge in [-0.25, -0.2) is 0 Å². The predicted octanol–water partition coefficient (Wildman–Crippen LogP) is 6.22. The molecule has 0 fully saturated rings. The van der Waals surface area contributed by atoms with Crippen molar-refractivity contribution in [3.63, 3.8) is 0 Å². The number of benzene rings is 2. The SMILES string of the molecule is C[C@@H](C=C(Br)Br)CCO[Si](c1ccccc1)(c1ccccc1)C(C)(C)C. The summed E-state index contributed by atoms with van der Waals surface area (Å²) in [6.45, 7) is 9.92. The molecule has 0 aliphatic rings. The van der Waals surface area contributed by atoms with Crippen LogP contribution in [0, 0.1) is 5.92 Å². The first-order valence-electron chi connectivity index (χ1n) is 9.05. The fourth-order valence-corrected chi connectivity index (χ4v) is 8.94. The molecule has 2 aromatic carbocycles. The second kappa shape index (κ2) is 9.49. The third-order valence-corrected chi connectivity index (χ3v) is 10.3. The molecule has 140 valence electrons. The van der Waals surface area contributed by atoms with Crippen LogP contribution >= 0.6 is 31.9 Å². The van der Waals surface area contributed by atoms with E-state index in [4.69, 9.17) is 4.43 Å². The summed E-state index contributed by atoms with van der Waals surface area (Å²) in [6.07, 6.45) is 3.17. The summed E-state index contributed by atoms with van der Waals surface area (Å²) in [5.41, 5.74) is 0. The highest BCUT2D eigenvalue weighted by molar-refractivity contribution is 9.28. The van der Waals surface area contributed by atoms with Crippen LogP contribution in [0.5, 0.6) is 0 Å². The van der Waals surface area contributed by atoms with Gasteiger partial charge in [-0.3, -0.25) is 0 Å². The van der Waals surface area contributed by atoms with Crippen LogP contribution in [-0.4, -0.2) is 14.9 Å². The Morgan fingerprint density at radius 1 is 0.962 bits per heavy atom. The Balaban J connectivity index is 2.42. The molecule has 0 aliphatic heterocycles. The topological polar surface area (TPSA) is 9.23 Å². The van der Waals surface area contributed by atoms with Crippen LogP contribution < -0.4 is 10.4 Å². The number of allylic oxidation sites excluding steroid dienone is 1. The molecule has 1 nitrogen and oxygen atoms in total. The molecule has 2 rings (SSSR count). The van der Waals surface area contributed by atoms with Crippen molar-refractivity contribution >= 4 is 50.6 Å². The van der Waals surface area contributed by atoms with E-state index in [9.17, 15) is 0 Å². The van der Waals surface area contributed by atoms with E-state index in [0.717, 1.165) is 16.4 Å². The monoisotopic (exact) mass is 494 g/mol. The number of hydrogen-bond donors (Lipinski definition) is 0. The first kappa shape index (κ1) is 21.6. The van der Waals surface area contributed by atoms with Gasteiger partial charge in [0.1, 0.15) is 0 Å². The zero-order valence-corrected chi connectivity index (χ0v) is 20.2. The van der Waals surface area contributed by atoms with Gasteiger partial charge in [0.2, 0.25) is 0 Å². The number of hydrogen-bond acceptors (Lipinski definition) is 1. The predicted molar refractivity (Wildman–Crippen MR) is 123 cm³/mol. The molecule has 0 bridgehead atoms. The Hall–Kier alpha value is -0.683. The maximum Gasteiger partial charge on any atom is 0.261 e. The molecular weight excluding hydrogens is 468 g/mol. The summed E-state index contributed by atoms with van der Waals surface area (Å²) >= 11 is 6.91. The average molecular weight is 496 g/mol. The molecule has 0 N–H and O–H groups in total. The lowest BCUT2D eigenvalue weighted by Gasteiger charge is -2.43. The summed E-state index contributed by atoms with van der Waals surface area (Å²) in [5.74, 6) is 0.446. The highest BCUT2D eigenvalue weighted by Gasteiger charge is 2.49. The highest BCUT2D eigenvalue weighted by Crippen LogP contribution is 2.37. The summed E-state index contributed by atoms with van der Waals surface area (Å²) in [6, 6.07) is 21.6. The van der Waals surface area contributed by atoms with E-state index in [2.05, 4.69) is 126 Å². The van der Waals surface area contributed by atoms with Gasteiger partial charge in [-0.1, -0.05) is 94.4 Å². The molecule has 0 aliphatic carbocycles. The van der Waals surface area contributed by atoms with Crippen LogP contribution in [0.2, 0.25) is 5.04 Å². The molecule has 0 radical (unpaired) electrons. The summed E-state index contributed by atoms with van der Waals surface area (Å²) in [4.78, 5) is 0. The van der Waals surface area contributed by atoms with Gasteiger partial charge in [0, 0.05) is 6.61 Å². The van der Waals surface area contributed by atoms with Gasteiger partial charge < -0.3 is 4.43 Å². The molecule has 0 saturated carbocycles. The quantitative estimate of drug-likeness (QED) is 0.414. The minimum absolute atomic E-state index is 0.0325. The van der Waals surface area contributed by atoms with Crippen molar-refractivity contribution in [2.45, 2.75) is 39.2 Å². The van der Waals surface area contributed by atoms with Gasteiger partial charge in [0.25, 0.3) is 8.32 Å². The van der Waals surface area contributed by atoms with Crippen LogP contribution in [-0.2, 0) is 4.43 Å². The van der Waals surface area contributed by atoms with Crippen molar-refractivity contribution in [1.82, 2.24) is 0 Å². The lowest BCUT2D eigenvalue weighted by Crippen LogP contribution is -2.66. The van der Waals surface area contributed by atoms with Gasteiger partial charge in [0.15, 0.2) is 0 Å². The van der Waals surface area contributed by atoms with Crippen molar-refractivity contribution < 1.29 is 4.43 Å². The molecule has 0 aromatic heterocycles. The van der Waals surface area contributed by atoms with Crippen LogP contribution in [0.3, 0.4) is 0 Å². The van der Waals surface area contributed by atoms with Crippen molar-refractivity contribution in [1.29, 1.82) is 0 Å².